The maximum Gasteiger partial charge on any atom is 0.371 e. The summed E-state index contributed by atoms with van der Waals surface area (Å²) in [5.74, 6) is 0. The predicted octanol–water partition coefficient (Wildman–Crippen LogP) is 2.66. The van der Waals surface area contributed by atoms with E-state index >= 15 is 0 Å². The molecule has 0 aliphatic heterocycles. The molecule has 1 rings (SSSR count). The quantitative estimate of drug-likeness (QED) is 0.555. The van der Waals surface area contributed by atoms with E-state index in [2.05, 4.69) is 4.74 Å². The van der Waals surface area contributed by atoms with E-state index < -0.39 is 5.30 Å². The first-order valence-corrected chi connectivity index (χ1v) is 5.46. The van der Waals surface area contributed by atoms with Crippen LogP contribution in [-0.4, -0.2) is 12.4 Å². The zero-order valence-corrected chi connectivity index (χ0v) is 9.66. The van der Waals surface area contributed by atoms with Crippen molar-refractivity contribution in [1.82, 2.24) is 0 Å². The molecule has 1 heterocycles. The van der Waals surface area contributed by atoms with Gasteiger partial charge in [-0.15, -0.1) is 11.3 Å². The topological polar surface area (TPSA) is 73.9 Å². The largest absolute Gasteiger partial charge is 0.461 e. The van der Waals surface area contributed by atoms with E-state index in [1.165, 1.54) is 7.11 Å². The van der Waals surface area contributed by atoms with Gasteiger partial charge >= 0.3 is 5.30 Å². The van der Waals surface area contributed by atoms with E-state index in [-0.39, 0.29) is 0 Å². The molecule has 0 saturated heterocycles. The van der Waals surface area contributed by atoms with E-state index in [1.54, 1.807) is 6.92 Å². The van der Waals surface area contributed by atoms with Crippen LogP contribution in [0.15, 0.2) is 4.90 Å². The SMILES string of the molecule is COC(=O)Sc1c(C#N)sc(C#N)c1C. The van der Waals surface area contributed by atoms with Gasteiger partial charge in [-0.1, -0.05) is 0 Å². The van der Waals surface area contributed by atoms with E-state index in [9.17, 15) is 4.79 Å². The van der Waals surface area contributed by atoms with Crippen LogP contribution in [0.2, 0.25) is 0 Å². The predicted molar refractivity (Wildman–Crippen MR) is 56.7 cm³/mol. The first-order valence-electron chi connectivity index (χ1n) is 3.83. The minimum atomic E-state index is -0.489. The Hall–Kier alpha value is -1.50. The molecule has 0 fully saturated rings. The summed E-state index contributed by atoms with van der Waals surface area (Å²) in [6.45, 7) is 1.71. The molecule has 0 N–H and O–H groups in total. The number of thiophene rings is 1. The third-order valence-corrected chi connectivity index (χ3v) is 3.92. The van der Waals surface area contributed by atoms with Crippen LogP contribution in [-0.2, 0) is 4.74 Å². The van der Waals surface area contributed by atoms with Gasteiger partial charge in [0.05, 0.1) is 12.0 Å². The molecule has 0 aliphatic rings. The highest BCUT2D eigenvalue weighted by Gasteiger charge is 2.18. The molecule has 1 aromatic heterocycles. The standard InChI is InChI=1S/C9H6N2O2S2/c1-5-6(3-10)14-7(4-11)8(5)15-9(12)13-2/h1-2H3. The minimum Gasteiger partial charge on any atom is -0.461 e. The van der Waals surface area contributed by atoms with Crippen molar-refractivity contribution in [3.8, 4) is 12.1 Å². The monoisotopic (exact) mass is 238 g/mol. The number of carbonyl (C=O) groups is 1. The molecule has 6 heteroatoms. The van der Waals surface area contributed by atoms with E-state index in [4.69, 9.17) is 10.5 Å². The number of methoxy groups -OCH3 is 1. The van der Waals surface area contributed by atoms with E-state index in [0.717, 1.165) is 23.1 Å². The lowest BCUT2D eigenvalue weighted by Gasteiger charge is -1.98. The van der Waals surface area contributed by atoms with Gasteiger partial charge in [-0.05, 0) is 24.2 Å². The number of nitrogens with zero attached hydrogens (tertiary/aromatic N) is 2. The highest BCUT2D eigenvalue weighted by Crippen LogP contribution is 2.35. The summed E-state index contributed by atoms with van der Waals surface area (Å²) in [6.07, 6.45) is 0. The van der Waals surface area contributed by atoms with E-state index in [0.29, 0.717) is 20.2 Å². The molecular formula is C9H6N2O2S2. The Morgan fingerprint density at radius 3 is 2.47 bits per heavy atom. The summed E-state index contributed by atoms with van der Waals surface area (Å²) in [5, 5.41) is 17.1. The summed E-state index contributed by atoms with van der Waals surface area (Å²) < 4.78 is 4.49. The van der Waals surface area contributed by atoms with Gasteiger partial charge in [0.1, 0.15) is 21.9 Å². The Morgan fingerprint density at radius 2 is 2.00 bits per heavy atom. The van der Waals surface area contributed by atoms with Crippen LogP contribution in [0.5, 0.6) is 0 Å². The molecule has 0 atom stereocenters. The van der Waals surface area contributed by atoms with Crippen molar-refractivity contribution >= 4 is 28.4 Å². The second-order valence-corrected chi connectivity index (χ2v) is 4.46. The highest BCUT2D eigenvalue weighted by atomic mass is 32.2. The zero-order valence-electron chi connectivity index (χ0n) is 8.03. The molecule has 0 radical (unpaired) electrons. The fourth-order valence-corrected chi connectivity index (χ4v) is 2.68. The second-order valence-electron chi connectivity index (χ2n) is 2.49. The zero-order chi connectivity index (χ0) is 11.4. The number of thioether (sulfide) groups is 1. The number of ether oxygens (including phenoxy) is 1. The number of nitriles is 2. The van der Waals surface area contributed by atoms with Crippen LogP contribution in [0.1, 0.15) is 15.3 Å². The van der Waals surface area contributed by atoms with Crippen molar-refractivity contribution in [2.24, 2.45) is 0 Å². The second kappa shape index (κ2) is 4.83. The molecule has 15 heavy (non-hydrogen) atoms. The van der Waals surface area contributed by atoms with Crippen LogP contribution >= 0.6 is 23.1 Å². The summed E-state index contributed by atoms with van der Waals surface area (Å²) in [7, 11) is 1.27. The van der Waals surface area contributed by atoms with Crippen molar-refractivity contribution in [3.05, 3.63) is 15.3 Å². The highest BCUT2D eigenvalue weighted by molar-refractivity contribution is 8.13. The number of hydrogen-bond donors (Lipinski definition) is 0. The van der Waals surface area contributed by atoms with Gasteiger partial charge in [0.15, 0.2) is 0 Å². The molecule has 0 spiro atoms. The van der Waals surface area contributed by atoms with Crippen LogP contribution < -0.4 is 0 Å². The molecule has 0 unspecified atom stereocenters. The van der Waals surface area contributed by atoms with Gasteiger partial charge in [-0.2, -0.15) is 10.5 Å². The Bertz CT molecular complexity index is 480. The third kappa shape index (κ3) is 2.30. The molecule has 1 aromatic rings. The number of hydrogen-bond acceptors (Lipinski definition) is 6. The molecular weight excluding hydrogens is 232 g/mol. The van der Waals surface area contributed by atoms with Crippen molar-refractivity contribution in [1.29, 1.82) is 10.5 Å². The van der Waals surface area contributed by atoms with Gasteiger partial charge in [0.25, 0.3) is 0 Å². The van der Waals surface area contributed by atoms with Crippen LogP contribution in [0, 0.1) is 29.6 Å². The summed E-state index contributed by atoms with van der Waals surface area (Å²) >= 11 is 1.92. The summed E-state index contributed by atoms with van der Waals surface area (Å²) in [4.78, 5) is 12.4. The molecule has 0 bridgehead atoms. The normalized spacial score (nSPS) is 9.07. The first-order chi connectivity index (χ1) is 7.13. The van der Waals surface area contributed by atoms with Crippen LogP contribution in [0.3, 0.4) is 0 Å². The van der Waals surface area contributed by atoms with Gasteiger partial charge in [0, 0.05) is 0 Å². The number of rotatable bonds is 1. The lowest BCUT2D eigenvalue weighted by molar-refractivity contribution is 0.200. The van der Waals surface area contributed by atoms with Crippen LogP contribution in [0.25, 0.3) is 0 Å². The van der Waals surface area contributed by atoms with Crippen molar-refractivity contribution < 1.29 is 9.53 Å². The van der Waals surface area contributed by atoms with E-state index in [1.807, 2.05) is 12.1 Å². The van der Waals surface area contributed by atoms with Gasteiger partial charge < -0.3 is 4.74 Å². The summed E-state index contributed by atoms with van der Waals surface area (Å²) in [5.41, 5.74) is 0.662. The Kier molecular flexibility index (Phi) is 3.73. The Morgan fingerprint density at radius 1 is 1.40 bits per heavy atom. The Balaban J connectivity index is 3.17. The van der Waals surface area contributed by atoms with Crippen molar-refractivity contribution in [3.63, 3.8) is 0 Å². The summed E-state index contributed by atoms with van der Waals surface area (Å²) in [6, 6.07) is 3.94. The number of carbonyl (C=O) groups excluding carboxylic acids is 1. The van der Waals surface area contributed by atoms with Gasteiger partial charge in [-0.25, -0.2) is 4.79 Å². The van der Waals surface area contributed by atoms with Crippen molar-refractivity contribution in [2.75, 3.05) is 7.11 Å². The molecule has 0 saturated carbocycles. The molecule has 0 aliphatic carbocycles. The van der Waals surface area contributed by atoms with Gasteiger partial charge in [0.2, 0.25) is 0 Å². The Labute approximate surface area is 95.1 Å². The molecule has 0 amide bonds. The fourth-order valence-electron chi connectivity index (χ4n) is 0.927. The van der Waals surface area contributed by atoms with Crippen molar-refractivity contribution in [2.45, 2.75) is 11.8 Å². The molecule has 76 valence electrons. The molecule has 4 nitrogen and oxygen atoms in total. The minimum absolute atomic E-state index is 0.374. The third-order valence-electron chi connectivity index (χ3n) is 1.65. The average Bonchev–Trinajstić information content (AvgIpc) is 2.55. The van der Waals surface area contributed by atoms with Gasteiger partial charge in [-0.3, -0.25) is 0 Å². The maximum absolute atomic E-state index is 11.1. The lowest BCUT2D eigenvalue weighted by atomic mass is 10.3. The average molecular weight is 238 g/mol. The smallest absolute Gasteiger partial charge is 0.371 e. The first kappa shape index (κ1) is 11.6. The fraction of sp³-hybridized carbons (Fsp3) is 0.222. The van der Waals surface area contributed by atoms with Crippen LogP contribution in [0.4, 0.5) is 4.79 Å². The molecule has 0 aromatic carbocycles. The lowest BCUT2D eigenvalue weighted by Crippen LogP contribution is -1.91. The maximum atomic E-state index is 11.1.